The molecule has 2 aromatic carbocycles. The number of fused-ring (bicyclic) bond motifs is 2. The predicted molar refractivity (Wildman–Crippen MR) is 83.7 cm³/mol. The molecule has 0 spiro atoms. The molecule has 1 aromatic heterocycles. The van der Waals surface area contributed by atoms with Gasteiger partial charge < -0.3 is 9.88 Å². The van der Waals surface area contributed by atoms with Gasteiger partial charge in [-0.2, -0.15) is 0 Å². The number of hydrogen-bond donors (Lipinski definition) is 1. The van der Waals surface area contributed by atoms with Crippen LogP contribution in [0, 0.1) is 5.82 Å². The van der Waals surface area contributed by atoms with Crippen molar-refractivity contribution in [1.29, 1.82) is 0 Å². The molecule has 106 valence electrons. The first-order valence-electron chi connectivity index (χ1n) is 7.01. The van der Waals surface area contributed by atoms with Gasteiger partial charge >= 0.3 is 0 Å². The Morgan fingerprint density at radius 2 is 2.05 bits per heavy atom. The van der Waals surface area contributed by atoms with Gasteiger partial charge in [-0.05, 0) is 60.5 Å². The van der Waals surface area contributed by atoms with E-state index in [-0.39, 0.29) is 5.82 Å². The standard InChI is InChI=1S/C17H14ClFN2/c18-16-9-14(8-12-10-20-5-3-15(12)16)21-6-4-11-7-13(19)1-2-17(11)21/h1-2,4,6-9,20H,3,5,10H2. The van der Waals surface area contributed by atoms with Crippen molar-refractivity contribution in [1.82, 2.24) is 9.88 Å². The highest BCUT2D eigenvalue weighted by Crippen LogP contribution is 2.29. The molecule has 0 unspecified atom stereocenters. The molecule has 1 aliphatic rings. The van der Waals surface area contributed by atoms with Crippen molar-refractivity contribution in [2.45, 2.75) is 13.0 Å². The van der Waals surface area contributed by atoms with Crippen molar-refractivity contribution in [3.63, 3.8) is 0 Å². The average Bonchev–Trinajstić information content (AvgIpc) is 2.90. The Kier molecular flexibility index (Phi) is 2.98. The number of rotatable bonds is 1. The van der Waals surface area contributed by atoms with Gasteiger partial charge in [0.15, 0.2) is 0 Å². The van der Waals surface area contributed by atoms with Gasteiger partial charge in [-0.15, -0.1) is 0 Å². The highest BCUT2D eigenvalue weighted by atomic mass is 35.5. The average molecular weight is 301 g/mol. The summed E-state index contributed by atoms with van der Waals surface area (Å²) in [6.45, 7) is 1.81. The maximum absolute atomic E-state index is 13.3. The van der Waals surface area contributed by atoms with Gasteiger partial charge in [0, 0.05) is 28.8 Å². The summed E-state index contributed by atoms with van der Waals surface area (Å²) in [5.74, 6) is -0.215. The first-order chi connectivity index (χ1) is 10.2. The van der Waals surface area contributed by atoms with Gasteiger partial charge in [0.1, 0.15) is 5.82 Å². The van der Waals surface area contributed by atoms with Crippen molar-refractivity contribution < 1.29 is 4.39 Å². The van der Waals surface area contributed by atoms with Crippen LogP contribution in [-0.4, -0.2) is 11.1 Å². The number of nitrogens with one attached hydrogen (secondary N) is 1. The van der Waals surface area contributed by atoms with E-state index in [1.54, 1.807) is 12.1 Å². The molecule has 3 aromatic rings. The summed E-state index contributed by atoms with van der Waals surface area (Å²) in [6.07, 6.45) is 2.92. The minimum atomic E-state index is -0.215. The van der Waals surface area contributed by atoms with E-state index in [1.165, 1.54) is 17.2 Å². The van der Waals surface area contributed by atoms with E-state index in [0.29, 0.717) is 0 Å². The Morgan fingerprint density at radius 3 is 2.95 bits per heavy atom. The largest absolute Gasteiger partial charge is 0.316 e. The van der Waals surface area contributed by atoms with E-state index in [9.17, 15) is 4.39 Å². The van der Waals surface area contributed by atoms with E-state index in [1.807, 2.05) is 18.3 Å². The SMILES string of the molecule is Fc1ccc2c(ccn2-c2cc(Cl)c3c(c2)CNCC3)c1. The molecule has 0 radical (unpaired) electrons. The van der Waals surface area contributed by atoms with Gasteiger partial charge in [0.25, 0.3) is 0 Å². The van der Waals surface area contributed by atoms with E-state index < -0.39 is 0 Å². The van der Waals surface area contributed by atoms with Crippen LogP contribution in [0.4, 0.5) is 4.39 Å². The number of nitrogens with zero attached hydrogens (tertiary/aromatic N) is 1. The zero-order chi connectivity index (χ0) is 14.4. The monoisotopic (exact) mass is 300 g/mol. The minimum Gasteiger partial charge on any atom is -0.316 e. The molecule has 0 bridgehead atoms. The maximum Gasteiger partial charge on any atom is 0.123 e. The molecule has 1 aliphatic heterocycles. The molecule has 0 aliphatic carbocycles. The van der Waals surface area contributed by atoms with Crippen LogP contribution in [0.5, 0.6) is 0 Å². The van der Waals surface area contributed by atoms with Gasteiger partial charge in [-0.1, -0.05) is 11.6 Å². The van der Waals surface area contributed by atoms with Crippen molar-refractivity contribution in [3.05, 3.63) is 64.6 Å². The van der Waals surface area contributed by atoms with Crippen LogP contribution in [-0.2, 0) is 13.0 Å². The number of halogens is 2. The lowest BCUT2D eigenvalue weighted by Crippen LogP contribution is -2.24. The zero-order valence-electron chi connectivity index (χ0n) is 11.4. The van der Waals surface area contributed by atoms with Gasteiger partial charge in [-0.25, -0.2) is 4.39 Å². The highest BCUT2D eigenvalue weighted by Gasteiger charge is 2.14. The minimum absolute atomic E-state index is 0.215. The molecule has 1 N–H and O–H groups in total. The van der Waals surface area contributed by atoms with Crippen LogP contribution >= 0.6 is 11.6 Å². The summed E-state index contributed by atoms with van der Waals surface area (Å²) in [7, 11) is 0. The molecule has 0 saturated carbocycles. The topological polar surface area (TPSA) is 17.0 Å². The first-order valence-corrected chi connectivity index (χ1v) is 7.39. The first kappa shape index (κ1) is 12.9. The van der Waals surface area contributed by atoms with E-state index >= 15 is 0 Å². The molecule has 2 nitrogen and oxygen atoms in total. The van der Waals surface area contributed by atoms with Crippen molar-refractivity contribution in [2.75, 3.05) is 6.54 Å². The Hall–Kier alpha value is -1.84. The van der Waals surface area contributed by atoms with Crippen LogP contribution in [0.2, 0.25) is 5.02 Å². The lowest BCUT2D eigenvalue weighted by molar-refractivity contribution is 0.629. The summed E-state index contributed by atoms with van der Waals surface area (Å²) in [5, 5.41) is 5.07. The predicted octanol–water partition coefficient (Wildman–Crippen LogP) is 4.07. The molecule has 0 atom stereocenters. The fraction of sp³-hybridized carbons (Fsp3) is 0.176. The molecule has 0 saturated heterocycles. The fourth-order valence-electron chi connectivity index (χ4n) is 3.03. The molecule has 4 rings (SSSR count). The van der Waals surface area contributed by atoms with Gasteiger partial charge in [0.05, 0.1) is 5.52 Å². The molecular weight excluding hydrogens is 287 g/mol. The van der Waals surface area contributed by atoms with Gasteiger partial charge in [-0.3, -0.25) is 0 Å². The summed E-state index contributed by atoms with van der Waals surface area (Å²) < 4.78 is 15.3. The second-order valence-corrected chi connectivity index (χ2v) is 5.79. The number of aromatic nitrogens is 1. The van der Waals surface area contributed by atoms with Crippen LogP contribution in [0.3, 0.4) is 0 Å². The highest BCUT2D eigenvalue weighted by molar-refractivity contribution is 6.31. The Bertz CT molecular complexity index is 838. The molecule has 4 heteroatoms. The number of benzene rings is 2. The van der Waals surface area contributed by atoms with Crippen LogP contribution < -0.4 is 5.32 Å². The zero-order valence-corrected chi connectivity index (χ0v) is 12.1. The normalized spacial score (nSPS) is 14.4. The molecule has 21 heavy (non-hydrogen) atoms. The molecule has 0 amide bonds. The van der Waals surface area contributed by atoms with E-state index in [4.69, 9.17) is 11.6 Å². The quantitative estimate of drug-likeness (QED) is 0.717. The Labute approximate surface area is 127 Å². The van der Waals surface area contributed by atoms with E-state index in [2.05, 4.69) is 16.0 Å². The van der Waals surface area contributed by atoms with Crippen molar-refractivity contribution in [2.24, 2.45) is 0 Å². The molecule has 2 heterocycles. The maximum atomic E-state index is 13.3. The Morgan fingerprint density at radius 1 is 1.14 bits per heavy atom. The third-order valence-electron chi connectivity index (χ3n) is 4.07. The second kappa shape index (κ2) is 4.86. The summed E-state index contributed by atoms with van der Waals surface area (Å²) in [4.78, 5) is 0. The molecule has 0 fully saturated rings. The number of hydrogen-bond acceptors (Lipinski definition) is 1. The lowest BCUT2D eigenvalue weighted by Gasteiger charge is -2.20. The second-order valence-electron chi connectivity index (χ2n) is 5.38. The van der Waals surface area contributed by atoms with Crippen LogP contribution in [0.1, 0.15) is 11.1 Å². The fourth-order valence-corrected chi connectivity index (χ4v) is 3.36. The Balaban J connectivity index is 1.90. The van der Waals surface area contributed by atoms with Crippen LogP contribution in [0.15, 0.2) is 42.6 Å². The summed E-state index contributed by atoms with van der Waals surface area (Å²) in [5.41, 5.74) is 4.48. The van der Waals surface area contributed by atoms with Crippen LogP contribution in [0.25, 0.3) is 16.6 Å². The summed E-state index contributed by atoms with van der Waals surface area (Å²) >= 11 is 6.44. The smallest absolute Gasteiger partial charge is 0.123 e. The third-order valence-corrected chi connectivity index (χ3v) is 4.41. The summed E-state index contributed by atoms with van der Waals surface area (Å²) in [6, 6.07) is 10.9. The molecular formula is C17H14ClFN2. The lowest BCUT2D eigenvalue weighted by atomic mass is 10.00. The third kappa shape index (κ3) is 2.13. The van der Waals surface area contributed by atoms with Crippen molar-refractivity contribution >= 4 is 22.5 Å². The van der Waals surface area contributed by atoms with Gasteiger partial charge in [0.2, 0.25) is 0 Å². The van der Waals surface area contributed by atoms with E-state index in [0.717, 1.165) is 41.1 Å². The van der Waals surface area contributed by atoms with Crippen molar-refractivity contribution in [3.8, 4) is 5.69 Å².